The first-order valence-corrected chi connectivity index (χ1v) is 10.1. The Bertz CT molecular complexity index is 947. The highest BCUT2D eigenvalue weighted by molar-refractivity contribution is 9.10. The predicted molar refractivity (Wildman–Crippen MR) is 106 cm³/mol. The number of benzene rings is 2. The molecule has 2 heterocycles. The zero-order chi connectivity index (χ0) is 17.7. The second-order valence-corrected chi connectivity index (χ2v) is 8.19. The van der Waals surface area contributed by atoms with Crippen LogP contribution in [0, 0.1) is 0 Å². The van der Waals surface area contributed by atoms with Crippen LogP contribution in [0.5, 0.6) is 5.75 Å². The third-order valence-electron chi connectivity index (χ3n) is 5.61. The van der Waals surface area contributed by atoms with Gasteiger partial charge in [-0.2, -0.15) is 0 Å². The highest BCUT2D eigenvalue weighted by atomic mass is 79.9. The van der Waals surface area contributed by atoms with E-state index in [1.807, 2.05) is 12.1 Å². The van der Waals surface area contributed by atoms with Crippen LogP contribution in [0.4, 0.5) is 5.69 Å². The van der Waals surface area contributed by atoms with Gasteiger partial charge in [-0.05, 0) is 54.7 Å². The van der Waals surface area contributed by atoms with E-state index in [0.717, 1.165) is 59.3 Å². The summed E-state index contributed by atoms with van der Waals surface area (Å²) in [6.45, 7) is 1.03. The van der Waals surface area contributed by atoms with E-state index in [4.69, 9.17) is 4.74 Å². The number of anilines is 1. The molecule has 0 amide bonds. The van der Waals surface area contributed by atoms with Gasteiger partial charge in [0.05, 0.1) is 0 Å². The number of fused-ring (bicyclic) bond motifs is 2. The molecule has 0 unspecified atom stereocenters. The molecular weight excluding hydrogens is 390 g/mol. The Morgan fingerprint density at radius 2 is 1.96 bits per heavy atom. The molecule has 0 radical (unpaired) electrons. The number of hydrogen-bond acceptors (Lipinski definition) is 3. The second kappa shape index (κ2) is 6.27. The fraction of sp³-hybridized carbons (Fsp3) is 0.318. The lowest BCUT2D eigenvalue weighted by atomic mass is 9.76. The van der Waals surface area contributed by atoms with Gasteiger partial charge in [0.1, 0.15) is 11.5 Å². The first-order chi connectivity index (χ1) is 12.7. The fourth-order valence-electron chi connectivity index (χ4n) is 4.41. The van der Waals surface area contributed by atoms with Gasteiger partial charge in [-0.1, -0.05) is 28.1 Å². The van der Waals surface area contributed by atoms with Crippen molar-refractivity contribution in [3.63, 3.8) is 0 Å². The minimum atomic E-state index is -0.0359. The summed E-state index contributed by atoms with van der Waals surface area (Å²) in [4.78, 5) is 12.8. The van der Waals surface area contributed by atoms with Crippen molar-refractivity contribution in [1.82, 2.24) is 0 Å². The monoisotopic (exact) mass is 409 g/mol. The number of halogens is 1. The highest BCUT2D eigenvalue weighted by Gasteiger charge is 2.36. The minimum absolute atomic E-state index is 0.0359. The van der Waals surface area contributed by atoms with Crippen molar-refractivity contribution < 1.29 is 9.53 Å². The lowest BCUT2D eigenvalue weighted by molar-refractivity contribution is -0.116. The Morgan fingerprint density at radius 3 is 2.88 bits per heavy atom. The van der Waals surface area contributed by atoms with Crippen LogP contribution in [0.25, 0.3) is 0 Å². The molecule has 1 aliphatic carbocycles. The molecule has 0 saturated carbocycles. The number of rotatable bonds is 1. The Hall–Kier alpha value is -2.07. The molecule has 1 N–H and O–H groups in total. The first-order valence-electron chi connectivity index (χ1n) is 9.31. The summed E-state index contributed by atoms with van der Waals surface area (Å²) in [5.41, 5.74) is 5.72. The molecule has 132 valence electrons. The summed E-state index contributed by atoms with van der Waals surface area (Å²) < 4.78 is 7.16. The molecule has 0 spiro atoms. The molecule has 0 aromatic heterocycles. The van der Waals surface area contributed by atoms with E-state index in [1.165, 1.54) is 16.8 Å². The molecule has 0 bridgehead atoms. The largest absolute Gasteiger partial charge is 0.461 e. The van der Waals surface area contributed by atoms with E-state index in [0.29, 0.717) is 6.42 Å². The van der Waals surface area contributed by atoms with Crippen LogP contribution in [0.3, 0.4) is 0 Å². The van der Waals surface area contributed by atoms with E-state index in [9.17, 15) is 4.79 Å². The molecule has 5 rings (SSSR count). The molecule has 26 heavy (non-hydrogen) atoms. The molecule has 0 saturated heterocycles. The molecule has 2 aromatic rings. The fourth-order valence-corrected chi connectivity index (χ4v) is 4.79. The van der Waals surface area contributed by atoms with Gasteiger partial charge in [0.2, 0.25) is 0 Å². The number of ether oxygens (including phenoxy) is 1. The van der Waals surface area contributed by atoms with Crippen LogP contribution < -0.4 is 10.1 Å². The van der Waals surface area contributed by atoms with E-state index in [-0.39, 0.29) is 11.7 Å². The number of nitrogens with one attached hydrogen (secondary N) is 1. The van der Waals surface area contributed by atoms with E-state index >= 15 is 0 Å². The average Bonchev–Trinajstić information content (AvgIpc) is 2.66. The van der Waals surface area contributed by atoms with Gasteiger partial charge >= 0.3 is 0 Å². The van der Waals surface area contributed by atoms with Gasteiger partial charge in [-0.25, -0.2) is 0 Å². The van der Waals surface area contributed by atoms with Crippen LogP contribution in [0.2, 0.25) is 0 Å². The molecule has 3 aliphatic rings. The Labute approximate surface area is 161 Å². The third-order valence-corrected chi connectivity index (χ3v) is 6.11. The summed E-state index contributed by atoms with van der Waals surface area (Å²) in [5, 5.41) is 3.47. The van der Waals surface area contributed by atoms with Crippen molar-refractivity contribution in [2.75, 3.05) is 11.9 Å². The summed E-state index contributed by atoms with van der Waals surface area (Å²) in [5.74, 6) is 1.95. The third kappa shape index (κ3) is 2.59. The molecular formula is C22H20BrNO2. The maximum Gasteiger partial charge on any atom is 0.163 e. The number of hydrogen-bond donors (Lipinski definition) is 1. The molecule has 1 atom stereocenters. The number of aryl methyl sites for hydroxylation is 1. The molecule has 2 aliphatic heterocycles. The normalized spacial score (nSPS) is 21.3. The van der Waals surface area contributed by atoms with Crippen LogP contribution in [0.15, 0.2) is 52.2 Å². The van der Waals surface area contributed by atoms with Crippen molar-refractivity contribution in [3.05, 3.63) is 68.9 Å². The predicted octanol–water partition coefficient (Wildman–Crippen LogP) is 5.34. The average molecular weight is 410 g/mol. The number of carbonyl (C=O) groups is 1. The van der Waals surface area contributed by atoms with Crippen molar-refractivity contribution in [2.45, 2.75) is 38.0 Å². The lowest BCUT2D eigenvalue weighted by Gasteiger charge is -2.33. The summed E-state index contributed by atoms with van der Waals surface area (Å²) >= 11 is 3.59. The van der Waals surface area contributed by atoms with Crippen LogP contribution >= 0.6 is 15.9 Å². The quantitative estimate of drug-likeness (QED) is 0.690. The van der Waals surface area contributed by atoms with Crippen molar-refractivity contribution in [3.8, 4) is 5.75 Å². The molecule has 4 heteroatoms. The number of allylic oxidation sites excluding steroid dienone is 2. The van der Waals surface area contributed by atoms with Crippen LogP contribution in [0.1, 0.15) is 48.3 Å². The smallest absolute Gasteiger partial charge is 0.163 e. The van der Waals surface area contributed by atoms with E-state index < -0.39 is 0 Å². The highest BCUT2D eigenvalue weighted by Crippen LogP contribution is 2.47. The molecule has 2 aromatic carbocycles. The van der Waals surface area contributed by atoms with Gasteiger partial charge in [0.25, 0.3) is 0 Å². The van der Waals surface area contributed by atoms with E-state index in [2.05, 4.69) is 45.5 Å². The number of ketones is 1. The van der Waals surface area contributed by atoms with E-state index in [1.54, 1.807) is 0 Å². The minimum Gasteiger partial charge on any atom is -0.461 e. The summed E-state index contributed by atoms with van der Waals surface area (Å²) in [7, 11) is 0. The zero-order valence-electron chi connectivity index (χ0n) is 14.5. The SMILES string of the molecule is O=C1CCCC2=C1[C@H](c1ccc3c(c1)CCCN3)c1cc(Br)ccc1O2. The topological polar surface area (TPSA) is 38.3 Å². The first kappa shape index (κ1) is 16.1. The summed E-state index contributed by atoms with van der Waals surface area (Å²) in [6.07, 6.45) is 4.59. The zero-order valence-corrected chi connectivity index (χ0v) is 16.1. The van der Waals surface area contributed by atoms with Gasteiger partial charge in [0, 0.05) is 46.6 Å². The summed E-state index contributed by atoms with van der Waals surface area (Å²) in [6, 6.07) is 12.7. The Kier molecular flexibility index (Phi) is 3.89. The molecule has 3 nitrogen and oxygen atoms in total. The Morgan fingerprint density at radius 1 is 1.04 bits per heavy atom. The second-order valence-electron chi connectivity index (χ2n) is 7.28. The Balaban J connectivity index is 1.70. The number of Topliss-reactive ketones (excluding diaryl/α,β-unsaturated/α-hetero) is 1. The van der Waals surface area contributed by atoms with Gasteiger partial charge in [-0.15, -0.1) is 0 Å². The van der Waals surface area contributed by atoms with Crippen molar-refractivity contribution in [2.24, 2.45) is 0 Å². The number of carbonyl (C=O) groups excluding carboxylic acids is 1. The lowest BCUT2D eigenvalue weighted by Crippen LogP contribution is -2.25. The van der Waals surface area contributed by atoms with Gasteiger partial charge in [-0.3, -0.25) is 4.79 Å². The van der Waals surface area contributed by atoms with Gasteiger partial charge < -0.3 is 10.1 Å². The van der Waals surface area contributed by atoms with Gasteiger partial charge in [0.15, 0.2) is 5.78 Å². The maximum atomic E-state index is 12.8. The van der Waals surface area contributed by atoms with Crippen molar-refractivity contribution in [1.29, 1.82) is 0 Å². The maximum absolute atomic E-state index is 12.8. The standard InChI is InChI=1S/C22H20BrNO2/c23-15-7-9-19-16(12-15)21(22-18(25)4-1-5-20(22)26-19)14-6-8-17-13(11-14)3-2-10-24-17/h6-9,11-12,21,24H,1-5,10H2/t21-/m1/s1. The van der Waals surface area contributed by atoms with Crippen molar-refractivity contribution >= 4 is 27.4 Å². The van der Waals surface area contributed by atoms with Crippen LogP contribution in [-0.2, 0) is 11.2 Å². The van der Waals surface area contributed by atoms with Crippen LogP contribution in [-0.4, -0.2) is 12.3 Å². The molecule has 0 fully saturated rings.